The molecule has 2 aliphatic rings. The highest BCUT2D eigenvalue weighted by Gasteiger charge is 2.30. The van der Waals surface area contributed by atoms with Gasteiger partial charge in [0.15, 0.2) is 0 Å². The molecule has 4 heteroatoms. The molecule has 2 N–H and O–H groups in total. The van der Waals surface area contributed by atoms with Crippen LogP contribution in [0.5, 0.6) is 0 Å². The van der Waals surface area contributed by atoms with Gasteiger partial charge < -0.3 is 15.2 Å². The Morgan fingerprint density at radius 2 is 2.11 bits per heavy atom. The molecule has 1 aromatic carbocycles. The summed E-state index contributed by atoms with van der Waals surface area (Å²) >= 11 is 0. The Morgan fingerprint density at radius 1 is 1.33 bits per heavy atom. The molecule has 0 aromatic heterocycles. The second-order valence-corrected chi connectivity index (χ2v) is 5.14. The van der Waals surface area contributed by atoms with Gasteiger partial charge in [0.25, 0.3) is 0 Å². The van der Waals surface area contributed by atoms with E-state index in [0.29, 0.717) is 18.9 Å². The van der Waals surface area contributed by atoms with Crippen molar-refractivity contribution in [1.29, 1.82) is 0 Å². The molecule has 0 bridgehead atoms. The van der Waals surface area contributed by atoms with Crippen LogP contribution in [0, 0.1) is 5.92 Å². The maximum absolute atomic E-state index is 11.0. The lowest BCUT2D eigenvalue weighted by atomic mass is 9.93. The molecular formula is C14H17NO3. The molecule has 2 saturated heterocycles. The maximum atomic E-state index is 11.0. The molecule has 4 nitrogen and oxygen atoms in total. The minimum Gasteiger partial charge on any atom is -0.481 e. The minimum absolute atomic E-state index is 0.173. The molecule has 2 atom stereocenters. The third-order valence-electron chi connectivity index (χ3n) is 3.90. The van der Waals surface area contributed by atoms with Crippen LogP contribution in [0.3, 0.4) is 0 Å². The first-order valence-electron chi connectivity index (χ1n) is 6.38. The number of rotatable bonds is 3. The lowest BCUT2D eigenvalue weighted by molar-refractivity contribution is -0.141. The topological polar surface area (TPSA) is 58.6 Å². The van der Waals surface area contributed by atoms with Gasteiger partial charge in [-0.2, -0.15) is 0 Å². The third-order valence-corrected chi connectivity index (χ3v) is 3.90. The standard InChI is InChI=1S/C14H17NO3/c16-14(17)11-5-13(15-6-11)10-3-1-2-9(4-10)12-7-18-8-12/h1-4,11-13,15H,5-8H2,(H,16,17). The number of benzene rings is 1. The highest BCUT2D eigenvalue weighted by atomic mass is 16.5. The average Bonchev–Trinajstić information content (AvgIpc) is 2.76. The number of carboxylic acids is 1. The van der Waals surface area contributed by atoms with Gasteiger partial charge in [0.1, 0.15) is 0 Å². The summed E-state index contributed by atoms with van der Waals surface area (Å²) < 4.78 is 5.21. The van der Waals surface area contributed by atoms with E-state index in [4.69, 9.17) is 9.84 Å². The summed E-state index contributed by atoms with van der Waals surface area (Å²) in [6, 6.07) is 8.62. The van der Waals surface area contributed by atoms with E-state index in [9.17, 15) is 4.79 Å². The number of hydrogen-bond donors (Lipinski definition) is 2. The molecular weight excluding hydrogens is 230 g/mol. The molecule has 1 aromatic rings. The van der Waals surface area contributed by atoms with Crippen LogP contribution in [0.1, 0.15) is 29.5 Å². The van der Waals surface area contributed by atoms with Crippen LogP contribution in [-0.4, -0.2) is 30.8 Å². The summed E-state index contributed by atoms with van der Waals surface area (Å²) in [7, 11) is 0. The Labute approximate surface area is 106 Å². The number of carbonyl (C=O) groups is 1. The number of nitrogens with one attached hydrogen (secondary N) is 1. The fourth-order valence-corrected chi connectivity index (χ4v) is 2.64. The largest absolute Gasteiger partial charge is 0.481 e. The van der Waals surface area contributed by atoms with E-state index < -0.39 is 5.97 Å². The van der Waals surface area contributed by atoms with E-state index in [1.54, 1.807) is 0 Å². The van der Waals surface area contributed by atoms with Crippen LogP contribution in [0.15, 0.2) is 24.3 Å². The Hall–Kier alpha value is -1.39. The first kappa shape index (κ1) is 11.7. The maximum Gasteiger partial charge on any atom is 0.307 e. The fraction of sp³-hybridized carbons (Fsp3) is 0.500. The van der Waals surface area contributed by atoms with Gasteiger partial charge in [-0.15, -0.1) is 0 Å². The third kappa shape index (κ3) is 2.13. The zero-order valence-corrected chi connectivity index (χ0v) is 10.1. The molecule has 96 valence electrons. The summed E-state index contributed by atoms with van der Waals surface area (Å²) in [5.41, 5.74) is 2.50. The van der Waals surface area contributed by atoms with Gasteiger partial charge in [-0.1, -0.05) is 24.3 Å². The minimum atomic E-state index is -0.700. The Morgan fingerprint density at radius 3 is 2.72 bits per heavy atom. The van der Waals surface area contributed by atoms with E-state index in [-0.39, 0.29) is 12.0 Å². The highest BCUT2D eigenvalue weighted by Crippen LogP contribution is 2.31. The van der Waals surface area contributed by atoms with Crippen molar-refractivity contribution in [2.24, 2.45) is 5.92 Å². The second kappa shape index (κ2) is 4.71. The van der Waals surface area contributed by atoms with Crippen LogP contribution in [0.2, 0.25) is 0 Å². The number of carboxylic acid groups (broad SMARTS) is 1. The van der Waals surface area contributed by atoms with Crippen molar-refractivity contribution in [2.75, 3.05) is 19.8 Å². The average molecular weight is 247 g/mol. The van der Waals surface area contributed by atoms with Crippen LogP contribution in [-0.2, 0) is 9.53 Å². The van der Waals surface area contributed by atoms with Crippen LogP contribution >= 0.6 is 0 Å². The van der Waals surface area contributed by atoms with Crippen molar-refractivity contribution < 1.29 is 14.6 Å². The van der Waals surface area contributed by atoms with Crippen molar-refractivity contribution >= 4 is 5.97 Å². The van der Waals surface area contributed by atoms with E-state index >= 15 is 0 Å². The zero-order chi connectivity index (χ0) is 12.5. The Kier molecular flexibility index (Phi) is 3.06. The molecule has 0 amide bonds. The van der Waals surface area contributed by atoms with Crippen molar-refractivity contribution in [1.82, 2.24) is 5.32 Å². The summed E-state index contributed by atoms with van der Waals surface area (Å²) in [6.07, 6.45) is 0.681. The molecule has 3 rings (SSSR count). The van der Waals surface area contributed by atoms with Gasteiger partial charge in [-0.25, -0.2) is 0 Å². The van der Waals surface area contributed by atoms with Gasteiger partial charge in [-0.05, 0) is 17.5 Å². The lowest BCUT2D eigenvalue weighted by Gasteiger charge is -2.27. The van der Waals surface area contributed by atoms with Gasteiger partial charge in [0.2, 0.25) is 0 Å². The number of aliphatic carboxylic acids is 1. The summed E-state index contributed by atoms with van der Waals surface area (Å²) in [4.78, 5) is 11.0. The smallest absolute Gasteiger partial charge is 0.307 e. The van der Waals surface area contributed by atoms with E-state index in [1.807, 2.05) is 0 Å². The molecule has 0 aliphatic carbocycles. The Balaban J connectivity index is 1.74. The van der Waals surface area contributed by atoms with Crippen LogP contribution in [0.25, 0.3) is 0 Å². The van der Waals surface area contributed by atoms with E-state index in [1.165, 1.54) is 11.1 Å². The van der Waals surface area contributed by atoms with Gasteiger partial charge in [-0.3, -0.25) is 4.79 Å². The van der Waals surface area contributed by atoms with Crippen molar-refractivity contribution in [3.8, 4) is 0 Å². The lowest BCUT2D eigenvalue weighted by Crippen LogP contribution is -2.25. The first-order chi connectivity index (χ1) is 8.74. The van der Waals surface area contributed by atoms with Crippen molar-refractivity contribution in [3.63, 3.8) is 0 Å². The molecule has 2 fully saturated rings. The molecule has 2 aliphatic heterocycles. The number of hydrogen-bond acceptors (Lipinski definition) is 3. The van der Waals surface area contributed by atoms with Crippen molar-refractivity contribution in [2.45, 2.75) is 18.4 Å². The molecule has 0 saturated carbocycles. The predicted octanol–water partition coefficient (Wildman–Crippen LogP) is 1.54. The van der Waals surface area contributed by atoms with Crippen LogP contribution in [0.4, 0.5) is 0 Å². The SMILES string of the molecule is O=C(O)C1CNC(c2cccc(C3COC3)c2)C1. The second-order valence-electron chi connectivity index (χ2n) is 5.14. The highest BCUT2D eigenvalue weighted by molar-refractivity contribution is 5.70. The van der Waals surface area contributed by atoms with Gasteiger partial charge >= 0.3 is 5.97 Å². The monoisotopic (exact) mass is 247 g/mol. The quantitative estimate of drug-likeness (QED) is 0.850. The number of ether oxygens (including phenoxy) is 1. The first-order valence-corrected chi connectivity index (χ1v) is 6.38. The summed E-state index contributed by atoms with van der Waals surface area (Å²) in [5, 5.41) is 12.3. The zero-order valence-electron chi connectivity index (χ0n) is 10.1. The van der Waals surface area contributed by atoms with Crippen molar-refractivity contribution in [3.05, 3.63) is 35.4 Å². The van der Waals surface area contributed by atoms with Gasteiger partial charge in [0, 0.05) is 18.5 Å². The summed E-state index contributed by atoms with van der Waals surface area (Å²) in [5.74, 6) is -0.444. The predicted molar refractivity (Wildman–Crippen MR) is 66.5 cm³/mol. The molecule has 2 heterocycles. The molecule has 0 radical (unpaired) electrons. The van der Waals surface area contributed by atoms with E-state index in [2.05, 4.69) is 29.6 Å². The molecule has 0 spiro atoms. The molecule has 18 heavy (non-hydrogen) atoms. The Bertz CT molecular complexity index is 456. The molecule has 2 unspecified atom stereocenters. The van der Waals surface area contributed by atoms with Gasteiger partial charge in [0.05, 0.1) is 19.1 Å². The fourth-order valence-electron chi connectivity index (χ4n) is 2.64. The van der Waals surface area contributed by atoms with Crippen LogP contribution < -0.4 is 5.32 Å². The van der Waals surface area contributed by atoms with E-state index in [0.717, 1.165) is 13.2 Å². The normalized spacial score (nSPS) is 28.0. The summed E-state index contributed by atoms with van der Waals surface area (Å²) in [6.45, 7) is 2.18.